The standard InChI is InChI=1S/C12H13F3N2O/c13-12(14,15)10-1-2-16-5-11(10)18-6-9-7-3-17-4-8(7)9/h1-2,5,7-9,17H,3-4,6H2/t7-,8+,9?. The van der Waals surface area contributed by atoms with Crippen LogP contribution in [0.4, 0.5) is 13.2 Å². The lowest BCUT2D eigenvalue weighted by atomic mass is 10.2. The number of alkyl halides is 3. The molecule has 3 atom stereocenters. The summed E-state index contributed by atoms with van der Waals surface area (Å²) < 4.78 is 43.4. The zero-order valence-corrected chi connectivity index (χ0v) is 9.57. The highest BCUT2D eigenvalue weighted by Gasteiger charge is 2.53. The van der Waals surface area contributed by atoms with E-state index >= 15 is 0 Å². The van der Waals surface area contributed by atoms with Gasteiger partial charge in [0.15, 0.2) is 0 Å². The average Bonchev–Trinajstić information content (AvgIpc) is 2.77. The van der Waals surface area contributed by atoms with E-state index in [0.717, 1.165) is 31.5 Å². The second-order valence-electron chi connectivity index (χ2n) is 4.83. The molecule has 0 aromatic carbocycles. The monoisotopic (exact) mass is 258 g/mol. The van der Waals surface area contributed by atoms with Crippen molar-refractivity contribution in [1.82, 2.24) is 10.3 Å². The van der Waals surface area contributed by atoms with Gasteiger partial charge in [-0.3, -0.25) is 4.98 Å². The number of hydrogen-bond acceptors (Lipinski definition) is 3. The minimum atomic E-state index is -4.39. The topological polar surface area (TPSA) is 34.1 Å². The van der Waals surface area contributed by atoms with E-state index in [4.69, 9.17) is 4.74 Å². The fraction of sp³-hybridized carbons (Fsp3) is 0.583. The molecule has 0 bridgehead atoms. The van der Waals surface area contributed by atoms with E-state index in [1.54, 1.807) is 0 Å². The highest BCUT2D eigenvalue weighted by molar-refractivity contribution is 5.32. The van der Waals surface area contributed by atoms with E-state index in [1.165, 1.54) is 0 Å². The maximum atomic E-state index is 12.7. The van der Waals surface area contributed by atoms with E-state index in [2.05, 4.69) is 10.3 Å². The lowest BCUT2D eigenvalue weighted by Gasteiger charge is -2.13. The van der Waals surface area contributed by atoms with Crippen LogP contribution in [-0.4, -0.2) is 24.7 Å². The maximum Gasteiger partial charge on any atom is 0.420 e. The summed E-state index contributed by atoms with van der Waals surface area (Å²) in [6.45, 7) is 2.27. The third-order valence-electron chi connectivity index (χ3n) is 3.79. The molecule has 2 fully saturated rings. The van der Waals surface area contributed by atoms with Crippen LogP contribution in [0.15, 0.2) is 18.5 Å². The van der Waals surface area contributed by atoms with Crippen LogP contribution in [0.25, 0.3) is 0 Å². The number of nitrogens with one attached hydrogen (secondary N) is 1. The molecule has 0 radical (unpaired) electrons. The van der Waals surface area contributed by atoms with Crippen molar-refractivity contribution < 1.29 is 17.9 Å². The van der Waals surface area contributed by atoms with Crippen molar-refractivity contribution in [3.63, 3.8) is 0 Å². The second-order valence-corrected chi connectivity index (χ2v) is 4.83. The molecule has 0 amide bonds. The van der Waals surface area contributed by atoms with Gasteiger partial charge in [-0.2, -0.15) is 13.2 Å². The number of ether oxygens (including phenoxy) is 1. The van der Waals surface area contributed by atoms with E-state index < -0.39 is 11.7 Å². The Bertz CT molecular complexity index is 439. The lowest BCUT2D eigenvalue weighted by Crippen LogP contribution is -2.18. The molecule has 2 aliphatic rings. The zero-order valence-electron chi connectivity index (χ0n) is 9.57. The van der Waals surface area contributed by atoms with Gasteiger partial charge in [-0.1, -0.05) is 0 Å². The Kier molecular flexibility index (Phi) is 2.69. The van der Waals surface area contributed by atoms with Crippen LogP contribution in [0.3, 0.4) is 0 Å². The molecular weight excluding hydrogens is 245 g/mol. The number of fused-ring (bicyclic) bond motifs is 1. The summed E-state index contributed by atoms with van der Waals surface area (Å²) in [5.74, 6) is 1.39. The van der Waals surface area contributed by atoms with Gasteiger partial charge < -0.3 is 10.1 Å². The number of halogens is 3. The molecule has 6 heteroatoms. The van der Waals surface area contributed by atoms with Crippen molar-refractivity contribution in [2.75, 3.05) is 19.7 Å². The molecule has 1 N–H and O–H groups in total. The lowest BCUT2D eigenvalue weighted by molar-refractivity contribution is -0.139. The Balaban J connectivity index is 1.66. The van der Waals surface area contributed by atoms with E-state index in [9.17, 15) is 13.2 Å². The van der Waals surface area contributed by atoms with Crippen LogP contribution in [0.5, 0.6) is 5.75 Å². The van der Waals surface area contributed by atoms with Gasteiger partial charge in [0, 0.05) is 12.1 Å². The van der Waals surface area contributed by atoms with E-state index in [1.807, 2.05) is 0 Å². The number of rotatable bonds is 3. The van der Waals surface area contributed by atoms with E-state index in [0.29, 0.717) is 24.4 Å². The van der Waals surface area contributed by atoms with E-state index in [-0.39, 0.29) is 5.75 Å². The van der Waals surface area contributed by atoms with Crippen LogP contribution in [-0.2, 0) is 6.18 Å². The molecule has 98 valence electrons. The third-order valence-corrected chi connectivity index (χ3v) is 3.79. The zero-order chi connectivity index (χ0) is 12.8. The summed E-state index contributed by atoms with van der Waals surface area (Å²) in [7, 11) is 0. The molecule has 1 aromatic heterocycles. The van der Waals surface area contributed by atoms with Gasteiger partial charge in [-0.15, -0.1) is 0 Å². The smallest absolute Gasteiger partial charge is 0.420 e. The summed E-state index contributed by atoms with van der Waals surface area (Å²) in [4.78, 5) is 3.69. The van der Waals surface area contributed by atoms with Crippen molar-refractivity contribution in [3.8, 4) is 5.75 Å². The number of pyridine rings is 1. The summed E-state index contributed by atoms with van der Waals surface area (Å²) in [6, 6.07) is 0.949. The number of piperidine rings is 1. The molecule has 1 aliphatic heterocycles. The van der Waals surface area contributed by atoms with Crippen LogP contribution in [0.2, 0.25) is 0 Å². The first-order valence-electron chi connectivity index (χ1n) is 5.92. The van der Waals surface area contributed by atoms with Crippen molar-refractivity contribution in [3.05, 3.63) is 24.0 Å². The molecule has 1 aliphatic carbocycles. The minimum absolute atomic E-state index is 0.164. The summed E-state index contributed by atoms with van der Waals surface area (Å²) in [5, 5.41) is 3.24. The SMILES string of the molecule is FC(F)(F)c1ccncc1OCC1[C@H]2CNC[C@@H]12. The molecule has 1 aromatic rings. The Morgan fingerprint density at radius 2 is 2.06 bits per heavy atom. The van der Waals surface area contributed by atoms with Crippen LogP contribution >= 0.6 is 0 Å². The molecule has 2 heterocycles. The van der Waals surface area contributed by atoms with Crippen molar-refractivity contribution in [2.45, 2.75) is 6.18 Å². The number of aromatic nitrogens is 1. The van der Waals surface area contributed by atoms with Crippen LogP contribution in [0.1, 0.15) is 5.56 Å². The van der Waals surface area contributed by atoms with Crippen molar-refractivity contribution in [1.29, 1.82) is 0 Å². The largest absolute Gasteiger partial charge is 0.491 e. The maximum absolute atomic E-state index is 12.7. The van der Waals surface area contributed by atoms with Gasteiger partial charge in [0.05, 0.1) is 12.8 Å². The van der Waals surface area contributed by atoms with Crippen molar-refractivity contribution >= 4 is 0 Å². The van der Waals surface area contributed by atoms with Gasteiger partial charge >= 0.3 is 6.18 Å². The second kappa shape index (κ2) is 4.12. The Hall–Kier alpha value is -1.30. The number of nitrogens with zero attached hydrogens (tertiary/aromatic N) is 1. The molecule has 1 saturated carbocycles. The normalized spacial score (nSPS) is 30.1. The Labute approximate surface area is 102 Å². The van der Waals surface area contributed by atoms with Crippen molar-refractivity contribution in [2.24, 2.45) is 17.8 Å². The quantitative estimate of drug-likeness (QED) is 0.899. The molecule has 0 spiro atoms. The first-order chi connectivity index (χ1) is 8.57. The highest BCUT2D eigenvalue weighted by atomic mass is 19.4. The fourth-order valence-corrected chi connectivity index (χ4v) is 2.71. The highest BCUT2D eigenvalue weighted by Crippen LogP contribution is 2.49. The number of hydrogen-bond donors (Lipinski definition) is 1. The summed E-state index contributed by atoms with van der Waals surface area (Å²) in [5.41, 5.74) is -0.749. The predicted molar refractivity (Wildman–Crippen MR) is 58.1 cm³/mol. The summed E-state index contributed by atoms with van der Waals surface area (Å²) in [6.07, 6.45) is -2.12. The summed E-state index contributed by atoms with van der Waals surface area (Å²) >= 11 is 0. The van der Waals surface area contributed by atoms with Gasteiger partial charge in [0.1, 0.15) is 11.3 Å². The average molecular weight is 258 g/mol. The van der Waals surface area contributed by atoms with Crippen LogP contribution in [0, 0.1) is 17.8 Å². The molecule has 1 saturated heterocycles. The third kappa shape index (κ3) is 2.05. The van der Waals surface area contributed by atoms with Gasteiger partial charge in [0.25, 0.3) is 0 Å². The predicted octanol–water partition coefficient (Wildman–Crippen LogP) is 1.94. The molecule has 18 heavy (non-hydrogen) atoms. The fourth-order valence-electron chi connectivity index (χ4n) is 2.71. The first-order valence-corrected chi connectivity index (χ1v) is 5.92. The van der Waals surface area contributed by atoms with Gasteiger partial charge in [-0.05, 0) is 31.0 Å². The Morgan fingerprint density at radius 3 is 2.72 bits per heavy atom. The van der Waals surface area contributed by atoms with Gasteiger partial charge in [-0.25, -0.2) is 0 Å². The first kappa shape index (κ1) is 11.8. The van der Waals surface area contributed by atoms with Crippen LogP contribution < -0.4 is 10.1 Å². The molecule has 1 unspecified atom stereocenters. The minimum Gasteiger partial charge on any atom is -0.491 e. The Morgan fingerprint density at radius 1 is 1.33 bits per heavy atom. The molecular formula is C12H13F3N2O. The van der Waals surface area contributed by atoms with Gasteiger partial charge in [0.2, 0.25) is 0 Å². The molecule has 3 rings (SSSR count). The molecule has 3 nitrogen and oxygen atoms in total.